The first-order valence-corrected chi connectivity index (χ1v) is 7.43. The first kappa shape index (κ1) is 13.5. The number of anilines is 1. The van der Waals surface area contributed by atoms with Gasteiger partial charge in [0.2, 0.25) is 0 Å². The summed E-state index contributed by atoms with van der Waals surface area (Å²) in [5.41, 5.74) is 0.815. The lowest BCUT2D eigenvalue weighted by Crippen LogP contribution is -2.43. The maximum atomic E-state index is 10.6. The van der Waals surface area contributed by atoms with E-state index in [0.717, 1.165) is 63.7 Å². The van der Waals surface area contributed by atoms with E-state index in [-0.39, 0.29) is 6.10 Å². The largest absolute Gasteiger partial charge is 0.393 e. The smallest absolute Gasteiger partial charge is 0.170 e. The lowest BCUT2D eigenvalue weighted by atomic mass is 9.67. The highest BCUT2D eigenvalue weighted by atomic mass is 16.3. The Hall–Kier alpha value is -1.49. The van der Waals surface area contributed by atoms with E-state index in [1.807, 2.05) is 6.07 Å². The van der Waals surface area contributed by atoms with E-state index in [9.17, 15) is 9.90 Å². The van der Waals surface area contributed by atoms with Crippen LogP contribution in [0.1, 0.15) is 49.0 Å². The quantitative estimate of drug-likeness (QED) is 0.834. The van der Waals surface area contributed by atoms with Gasteiger partial charge in [0.1, 0.15) is 5.69 Å². The van der Waals surface area contributed by atoms with Gasteiger partial charge in [-0.1, -0.05) is 0 Å². The van der Waals surface area contributed by atoms with E-state index < -0.39 is 0 Å². The van der Waals surface area contributed by atoms with Gasteiger partial charge in [-0.25, -0.2) is 0 Å². The van der Waals surface area contributed by atoms with Gasteiger partial charge in [-0.2, -0.15) is 0 Å². The van der Waals surface area contributed by atoms with Crippen LogP contribution in [0, 0.1) is 5.41 Å². The molecular weight excluding hydrogens is 254 g/mol. The fourth-order valence-electron chi connectivity index (χ4n) is 3.49. The van der Waals surface area contributed by atoms with E-state index in [0.29, 0.717) is 11.1 Å². The number of carbonyl (C=O) groups excluding carboxylic acids is 1. The van der Waals surface area contributed by atoms with E-state index in [4.69, 9.17) is 0 Å². The summed E-state index contributed by atoms with van der Waals surface area (Å²) in [7, 11) is 0. The number of aldehydes is 1. The van der Waals surface area contributed by atoms with Gasteiger partial charge in [0, 0.05) is 13.1 Å². The van der Waals surface area contributed by atoms with E-state index >= 15 is 0 Å². The Kier molecular flexibility index (Phi) is 3.70. The topological polar surface area (TPSA) is 66.3 Å². The zero-order chi connectivity index (χ0) is 14.0. The van der Waals surface area contributed by atoms with Gasteiger partial charge in [-0.15, -0.1) is 10.2 Å². The van der Waals surface area contributed by atoms with Gasteiger partial charge in [0.05, 0.1) is 6.10 Å². The molecule has 1 saturated carbocycles. The zero-order valence-electron chi connectivity index (χ0n) is 11.7. The molecule has 1 aliphatic heterocycles. The molecule has 20 heavy (non-hydrogen) atoms. The third-order valence-electron chi connectivity index (χ3n) is 4.96. The second-order valence-corrected chi connectivity index (χ2v) is 6.15. The average molecular weight is 275 g/mol. The molecule has 1 aromatic heterocycles. The van der Waals surface area contributed by atoms with Gasteiger partial charge in [-0.3, -0.25) is 4.79 Å². The molecular formula is C15H21N3O2. The molecule has 0 radical (unpaired) electrons. The molecule has 0 unspecified atom stereocenters. The van der Waals surface area contributed by atoms with Crippen molar-refractivity contribution < 1.29 is 9.90 Å². The molecule has 2 fully saturated rings. The summed E-state index contributed by atoms with van der Waals surface area (Å²) < 4.78 is 0. The maximum Gasteiger partial charge on any atom is 0.170 e. The Bertz CT molecular complexity index is 457. The molecule has 2 aliphatic rings. The molecule has 1 N–H and O–H groups in total. The summed E-state index contributed by atoms with van der Waals surface area (Å²) in [6, 6.07) is 3.59. The van der Waals surface area contributed by atoms with Crippen molar-refractivity contribution >= 4 is 12.1 Å². The summed E-state index contributed by atoms with van der Waals surface area (Å²) in [6.45, 7) is 1.98. The molecule has 108 valence electrons. The lowest BCUT2D eigenvalue weighted by molar-refractivity contribution is 0.0477. The molecule has 2 heterocycles. The maximum absolute atomic E-state index is 10.6. The monoisotopic (exact) mass is 275 g/mol. The number of hydrogen-bond acceptors (Lipinski definition) is 5. The third kappa shape index (κ3) is 2.68. The number of piperidine rings is 1. The highest BCUT2D eigenvalue weighted by Gasteiger charge is 2.37. The SMILES string of the molecule is O=Cc1ccc(N2CCC3(CCC(O)CC3)CC2)nn1. The van der Waals surface area contributed by atoms with E-state index in [2.05, 4.69) is 15.1 Å². The standard InChI is InChI=1S/C15H21N3O2/c19-11-12-1-2-14(17-16-12)18-9-7-15(8-10-18)5-3-13(20)4-6-15/h1-2,11,13,20H,3-10H2. The molecule has 1 aliphatic carbocycles. The number of aromatic nitrogens is 2. The lowest BCUT2D eigenvalue weighted by Gasteiger charge is -2.45. The summed E-state index contributed by atoms with van der Waals surface area (Å²) in [5, 5.41) is 17.7. The van der Waals surface area contributed by atoms with Crippen LogP contribution in [0.15, 0.2) is 12.1 Å². The molecule has 0 atom stereocenters. The van der Waals surface area contributed by atoms with Gasteiger partial charge >= 0.3 is 0 Å². The first-order chi connectivity index (χ1) is 9.71. The van der Waals surface area contributed by atoms with E-state index in [1.165, 1.54) is 0 Å². The second-order valence-electron chi connectivity index (χ2n) is 6.15. The number of aliphatic hydroxyl groups is 1. The van der Waals surface area contributed by atoms with Crippen molar-refractivity contribution in [3.05, 3.63) is 17.8 Å². The van der Waals surface area contributed by atoms with Gasteiger partial charge in [0.15, 0.2) is 12.1 Å². The number of carbonyl (C=O) groups is 1. The van der Waals surface area contributed by atoms with Crippen LogP contribution in [0.2, 0.25) is 0 Å². The number of rotatable bonds is 2. The summed E-state index contributed by atoms with van der Waals surface area (Å²) in [6.07, 6.45) is 7.17. The van der Waals surface area contributed by atoms with Crippen LogP contribution in [0.3, 0.4) is 0 Å². The Balaban J connectivity index is 1.61. The fourth-order valence-corrected chi connectivity index (χ4v) is 3.49. The minimum Gasteiger partial charge on any atom is -0.393 e. The summed E-state index contributed by atoms with van der Waals surface area (Å²) in [5.74, 6) is 0.862. The van der Waals surface area contributed by atoms with Crippen molar-refractivity contribution in [2.75, 3.05) is 18.0 Å². The normalized spacial score (nSPS) is 22.9. The van der Waals surface area contributed by atoms with Crippen LogP contribution in [-0.2, 0) is 0 Å². The van der Waals surface area contributed by atoms with Crippen LogP contribution >= 0.6 is 0 Å². The first-order valence-electron chi connectivity index (χ1n) is 7.43. The number of aliphatic hydroxyl groups excluding tert-OH is 1. The molecule has 0 aromatic carbocycles. The third-order valence-corrected chi connectivity index (χ3v) is 4.96. The van der Waals surface area contributed by atoms with Crippen LogP contribution in [-0.4, -0.2) is 40.8 Å². The number of nitrogens with zero attached hydrogens (tertiary/aromatic N) is 3. The molecule has 3 rings (SSSR count). The van der Waals surface area contributed by atoms with Crippen molar-refractivity contribution in [3.63, 3.8) is 0 Å². The highest BCUT2D eigenvalue weighted by molar-refractivity contribution is 5.71. The van der Waals surface area contributed by atoms with Crippen molar-refractivity contribution in [2.24, 2.45) is 5.41 Å². The van der Waals surface area contributed by atoms with Crippen LogP contribution in [0.4, 0.5) is 5.82 Å². The molecule has 5 heteroatoms. The van der Waals surface area contributed by atoms with Gasteiger partial charge in [0.25, 0.3) is 0 Å². The molecule has 5 nitrogen and oxygen atoms in total. The van der Waals surface area contributed by atoms with Crippen molar-refractivity contribution in [1.29, 1.82) is 0 Å². The predicted octanol–water partition coefficient (Wildman–Crippen LogP) is 1.81. The Labute approximate surface area is 119 Å². The van der Waals surface area contributed by atoms with Crippen LogP contribution < -0.4 is 4.90 Å². The Morgan fingerprint density at radius 2 is 1.85 bits per heavy atom. The summed E-state index contributed by atoms with van der Waals surface area (Å²) >= 11 is 0. The number of hydrogen-bond donors (Lipinski definition) is 1. The fraction of sp³-hybridized carbons (Fsp3) is 0.667. The van der Waals surface area contributed by atoms with E-state index in [1.54, 1.807) is 6.07 Å². The van der Waals surface area contributed by atoms with Crippen molar-refractivity contribution in [2.45, 2.75) is 44.6 Å². The predicted molar refractivity (Wildman–Crippen MR) is 75.8 cm³/mol. The summed E-state index contributed by atoms with van der Waals surface area (Å²) in [4.78, 5) is 12.8. The minimum absolute atomic E-state index is 0.0830. The van der Waals surface area contributed by atoms with Gasteiger partial charge in [-0.05, 0) is 56.1 Å². The average Bonchev–Trinajstić information content (AvgIpc) is 2.52. The molecule has 0 bridgehead atoms. The molecule has 1 spiro atoms. The molecule has 0 amide bonds. The Morgan fingerprint density at radius 3 is 2.40 bits per heavy atom. The minimum atomic E-state index is -0.0830. The zero-order valence-corrected chi connectivity index (χ0v) is 11.7. The Morgan fingerprint density at radius 1 is 1.15 bits per heavy atom. The van der Waals surface area contributed by atoms with Crippen molar-refractivity contribution in [3.8, 4) is 0 Å². The van der Waals surface area contributed by atoms with Crippen LogP contribution in [0.5, 0.6) is 0 Å². The van der Waals surface area contributed by atoms with Crippen molar-refractivity contribution in [1.82, 2.24) is 10.2 Å². The second kappa shape index (κ2) is 5.48. The highest BCUT2D eigenvalue weighted by Crippen LogP contribution is 2.44. The molecule has 1 aromatic rings. The van der Waals surface area contributed by atoms with Crippen LogP contribution in [0.25, 0.3) is 0 Å². The van der Waals surface area contributed by atoms with Gasteiger partial charge < -0.3 is 10.0 Å². The molecule has 1 saturated heterocycles.